The summed E-state index contributed by atoms with van der Waals surface area (Å²) in [6, 6.07) is 3.18. The van der Waals surface area contributed by atoms with Crippen molar-refractivity contribution in [3.63, 3.8) is 0 Å². The Morgan fingerprint density at radius 3 is 1.78 bits per heavy atom. The lowest BCUT2D eigenvalue weighted by atomic mass is 9.75. The van der Waals surface area contributed by atoms with E-state index in [1.54, 1.807) is 0 Å². The zero-order valence-electron chi connectivity index (χ0n) is 12.4. The van der Waals surface area contributed by atoms with Crippen LogP contribution in [0.15, 0.2) is 18.2 Å². The molecule has 0 amide bonds. The summed E-state index contributed by atoms with van der Waals surface area (Å²) in [6.45, 7) is 0.965. The van der Waals surface area contributed by atoms with Crippen LogP contribution in [-0.2, 0) is 11.3 Å². The molecule has 1 aromatic carbocycles. The molecule has 0 fully saturated rings. The van der Waals surface area contributed by atoms with Gasteiger partial charge in [0.2, 0.25) is 0 Å². The van der Waals surface area contributed by atoms with Crippen molar-refractivity contribution in [1.29, 1.82) is 0 Å². The van der Waals surface area contributed by atoms with E-state index in [1.165, 1.54) is 6.07 Å². The van der Waals surface area contributed by atoms with Gasteiger partial charge in [-0.2, -0.15) is 26.3 Å². The maximum Gasteiger partial charge on any atom is 0.427 e. The first kappa shape index (κ1) is 20.0. The normalized spacial score (nSPS) is 14.2. The summed E-state index contributed by atoms with van der Waals surface area (Å²) in [5, 5.41) is -0.322. The van der Waals surface area contributed by atoms with Gasteiger partial charge >= 0.3 is 12.4 Å². The molecule has 0 N–H and O–H groups in total. The lowest BCUT2D eigenvalue weighted by molar-refractivity contribution is -0.413. The maximum absolute atomic E-state index is 13.6. The van der Waals surface area contributed by atoms with Crippen LogP contribution in [0.2, 0.25) is 5.02 Å². The van der Waals surface area contributed by atoms with Crippen LogP contribution in [-0.4, -0.2) is 18.0 Å². The highest BCUT2D eigenvalue weighted by molar-refractivity contribution is 6.31. The largest absolute Gasteiger partial charge is 0.427 e. The second-order valence-electron chi connectivity index (χ2n) is 5.92. The van der Waals surface area contributed by atoms with Crippen molar-refractivity contribution in [2.24, 2.45) is 5.41 Å². The van der Waals surface area contributed by atoms with Crippen LogP contribution < -0.4 is 0 Å². The zero-order chi connectivity index (χ0) is 18.3. The van der Waals surface area contributed by atoms with Gasteiger partial charge in [0, 0.05) is 16.0 Å². The average Bonchev–Trinajstić information content (AvgIpc) is 2.27. The third kappa shape index (κ3) is 3.57. The molecule has 0 bridgehead atoms. The first-order valence-corrected chi connectivity index (χ1v) is 6.73. The molecule has 1 nitrogen and oxygen atoms in total. The van der Waals surface area contributed by atoms with E-state index in [2.05, 4.69) is 4.74 Å². The first-order chi connectivity index (χ1) is 10.1. The minimum atomic E-state index is -5.76. The molecule has 0 saturated carbocycles. The van der Waals surface area contributed by atoms with Gasteiger partial charge in [0.05, 0.1) is 6.61 Å². The molecule has 0 radical (unpaired) electrons. The fourth-order valence-electron chi connectivity index (χ4n) is 2.24. The highest BCUT2D eigenvalue weighted by Crippen LogP contribution is 2.55. The van der Waals surface area contributed by atoms with Crippen molar-refractivity contribution in [2.75, 3.05) is 0 Å². The quantitative estimate of drug-likeness (QED) is 0.605. The second-order valence-corrected chi connectivity index (χ2v) is 6.32. The summed E-state index contributed by atoms with van der Waals surface area (Å²) in [7, 11) is 0. The topological polar surface area (TPSA) is 9.23 Å². The van der Waals surface area contributed by atoms with E-state index in [0.29, 0.717) is 0 Å². The van der Waals surface area contributed by atoms with Crippen LogP contribution in [0.3, 0.4) is 0 Å². The summed E-state index contributed by atoms with van der Waals surface area (Å²) in [6.07, 6.45) is -11.5. The second kappa shape index (κ2) is 6.12. The van der Waals surface area contributed by atoms with Crippen LogP contribution in [0.4, 0.5) is 30.7 Å². The predicted molar refractivity (Wildman–Crippen MR) is 70.5 cm³/mol. The molecular formula is C14H14ClF7O. The molecule has 0 aromatic heterocycles. The van der Waals surface area contributed by atoms with E-state index >= 15 is 0 Å². The number of halogens is 8. The fraction of sp³-hybridized carbons (Fsp3) is 0.571. The lowest BCUT2D eigenvalue weighted by Crippen LogP contribution is -2.66. The highest BCUT2D eigenvalue weighted by atomic mass is 35.5. The van der Waals surface area contributed by atoms with Crippen LogP contribution in [0.25, 0.3) is 0 Å². The van der Waals surface area contributed by atoms with Crippen molar-refractivity contribution in [3.8, 4) is 0 Å². The average molecular weight is 367 g/mol. The first-order valence-electron chi connectivity index (χ1n) is 6.35. The molecule has 0 saturated heterocycles. The summed E-state index contributed by atoms with van der Waals surface area (Å²) in [4.78, 5) is 0. The molecule has 1 rings (SSSR count). The van der Waals surface area contributed by atoms with Gasteiger partial charge in [0.15, 0.2) is 0 Å². The van der Waals surface area contributed by atoms with Crippen LogP contribution >= 0.6 is 11.6 Å². The standard InChI is InChI=1S/C14H14ClF7O/c1-11(2,3)12(13(17,18)19,14(20,21)22)23-7-8-9(15)5-4-6-10(8)16/h4-6H,7H2,1-3H3. The monoisotopic (exact) mass is 366 g/mol. The third-order valence-electron chi connectivity index (χ3n) is 3.35. The molecule has 9 heteroatoms. The predicted octanol–water partition coefficient (Wildman–Crippen LogP) is 5.91. The van der Waals surface area contributed by atoms with Crippen molar-refractivity contribution < 1.29 is 35.5 Å². The number of hydrogen-bond donors (Lipinski definition) is 0. The van der Waals surface area contributed by atoms with Gasteiger partial charge in [-0.15, -0.1) is 0 Å². The summed E-state index contributed by atoms with van der Waals surface area (Å²) in [5.41, 5.74) is -7.43. The molecule has 0 aliphatic carbocycles. The van der Waals surface area contributed by atoms with Crippen molar-refractivity contribution in [1.82, 2.24) is 0 Å². The number of ether oxygens (including phenoxy) is 1. The number of alkyl halides is 6. The molecule has 132 valence electrons. The number of benzene rings is 1. The van der Waals surface area contributed by atoms with E-state index in [9.17, 15) is 30.7 Å². The van der Waals surface area contributed by atoms with Crippen LogP contribution in [0, 0.1) is 11.2 Å². The van der Waals surface area contributed by atoms with Crippen LogP contribution in [0.1, 0.15) is 26.3 Å². The van der Waals surface area contributed by atoms with Crippen molar-refractivity contribution in [3.05, 3.63) is 34.6 Å². The van der Waals surface area contributed by atoms with E-state index in [0.717, 1.165) is 32.9 Å². The van der Waals surface area contributed by atoms with Gasteiger partial charge in [-0.3, -0.25) is 0 Å². The number of rotatable bonds is 3. The fourth-order valence-corrected chi connectivity index (χ4v) is 2.46. The molecule has 0 aliphatic heterocycles. The van der Waals surface area contributed by atoms with Gasteiger partial charge in [-0.1, -0.05) is 38.4 Å². The van der Waals surface area contributed by atoms with E-state index < -0.39 is 41.4 Å². The van der Waals surface area contributed by atoms with Gasteiger partial charge in [-0.05, 0) is 12.1 Å². The summed E-state index contributed by atoms with van der Waals surface area (Å²) >= 11 is 5.62. The molecule has 1 aromatic rings. The zero-order valence-corrected chi connectivity index (χ0v) is 13.1. The Kier molecular flexibility index (Phi) is 5.33. The van der Waals surface area contributed by atoms with Crippen molar-refractivity contribution >= 4 is 11.6 Å². The Morgan fingerprint density at radius 1 is 0.957 bits per heavy atom. The minimum absolute atomic E-state index is 0.322. The molecule has 0 spiro atoms. The van der Waals surface area contributed by atoms with E-state index in [1.807, 2.05) is 0 Å². The lowest BCUT2D eigenvalue weighted by Gasteiger charge is -2.46. The molecule has 23 heavy (non-hydrogen) atoms. The minimum Gasteiger partial charge on any atom is -0.353 e. The van der Waals surface area contributed by atoms with Crippen molar-refractivity contribution in [2.45, 2.75) is 45.3 Å². The Hall–Kier alpha value is -1.02. The van der Waals surface area contributed by atoms with Gasteiger partial charge in [0.1, 0.15) is 5.82 Å². The van der Waals surface area contributed by atoms with E-state index in [-0.39, 0.29) is 5.02 Å². The smallest absolute Gasteiger partial charge is 0.353 e. The summed E-state index contributed by atoms with van der Waals surface area (Å²) in [5.74, 6) is -1.05. The van der Waals surface area contributed by atoms with Gasteiger partial charge in [-0.25, -0.2) is 4.39 Å². The highest BCUT2D eigenvalue weighted by Gasteiger charge is 2.77. The molecule has 0 atom stereocenters. The van der Waals surface area contributed by atoms with E-state index in [4.69, 9.17) is 11.6 Å². The third-order valence-corrected chi connectivity index (χ3v) is 3.70. The maximum atomic E-state index is 13.6. The summed E-state index contributed by atoms with van der Waals surface area (Å²) < 4.78 is 97.7. The SMILES string of the molecule is CC(C)(C)C(OCc1c(F)cccc1Cl)(C(F)(F)F)C(F)(F)F. The Balaban J connectivity index is 3.38. The Morgan fingerprint density at radius 2 is 1.43 bits per heavy atom. The number of hydrogen-bond acceptors (Lipinski definition) is 1. The van der Waals surface area contributed by atoms with Crippen LogP contribution in [0.5, 0.6) is 0 Å². The molecule has 0 aliphatic rings. The Labute approximate surface area is 133 Å². The van der Waals surface area contributed by atoms with Gasteiger partial charge < -0.3 is 4.74 Å². The molecular weight excluding hydrogens is 353 g/mol. The molecule has 0 unspecified atom stereocenters. The Bertz CT molecular complexity index is 501. The van der Waals surface area contributed by atoms with Gasteiger partial charge in [0.25, 0.3) is 5.60 Å². The molecule has 0 heterocycles.